The average Bonchev–Trinajstić information content (AvgIpc) is 2.16. The van der Waals surface area contributed by atoms with Crippen molar-refractivity contribution < 1.29 is 14.6 Å². The van der Waals surface area contributed by atoms with Crippen LogP contribution in [0.3, 0.4) is 0 Å². The molecule has 0 bridgehead atoms. The first-order valence-corrected chi connectivity index (χ1v) is 5.33. The van der Waals surface area contributed by atoms with Crippen molar-refractivity contribution in [3.05, 3.63) is 0 Å². The van der Waals surface area contributed by atoms with Gasteiger partial charge in [0.1, 0.15) is 0 Å². The molecule has 0 aliphatic heterocycles. The van der Waals surface area contributed by atoms with E-state index in [1.54, 1.807) is 6.92 Å². The zero-order valence-electron chi connectivity index (χ0n) is 9.75. The third kappa shape index (κ3) is 9.49. The van der Waals surface area contributed by atoms with Crippen LogP contribution in [-0.4, -0.2) is 43.0 Å². The minimum Gasteiger partial charge on any atom is -0.394 e. The van der Waals surface area contributed by atoms with Crippen molar-refractivity contribution in [2.75, 3.05) is 19.8 Å². The Hall–Kier alpha value is -0.810. The van der Waals surface area contributed by atoms with Crippen molar-refractivity contribution in [3.63, 3.8) is 0 Å². The van der Waals surface area contributed by atoms with Crippen LogP contribution in [0.15, 0.2) is 0 Å². The Balaban J connectivity index is 3.31. The molecule has 0 saturated heterocycles. The van der Waals surface area contributed by atoms with Crippen LogP contribution in [0.5, 0.6) is 0 Å². The lowest BCUT2D eigenvalue weighted by atomic mass is 10.4. The Morgan fingerprint density at radius 3 is 2.60 bits per heavy atom. The second-order valence-electron chi connectivity index (χ2n) is 3.76. The number of amides is 2. The fraction of sp³-hybridized carbons (Fsp3) is 0.900. The molecule has 0 aliphatic rings. The summed E-state index contributed by atoms with van der Waals surface area (Å²) in [7, 11) is 0. The summed E-state index contributed by atoms with van der Waals surface area (Å²) in [5.74, 6) is 0. The summed E-state index contributed by atoms with van der Waals surface area (Å²) < 4.78 is 5.31. The van der Waals surface area contributed by atoms with E-state index in [1.165, 1.54) is 0 Å². The molecule has 0 aromatic rings. The zero-order valence-corrected chi connectivity index (χ0v) is 9.75. The monoisotopic (exact) mass is 218 g/mol. The van der Waals surface area contributed by atoms with E-state index in [0.717, 1.165) is 6.42 Å². The van der Waals surface area contributed by atoms with Crippen LogP contribution < -0.4 is 10.6 Å². The maximum absolute atomic E-state index is 11.1. The van der Waals surface area contributed by atoms with Gasteiger partial charge in [0.2, 0.25) is 0 Å². The molecule has 90 valence electrons. The predicted octanol–water partition coefficient (Wildman–Crippen LogP) is 0.481. The average molecular weight is 218 g/mol. The van der Waals surface area contributed by atoms with Crippen LogP contribution in [0.25, 0.3) is 0 Å². The van der Waals surface area contributed by atoms with E-state index in [0.29, 0.717) is 13.2 Å². The normalized spacial score (nSPS) is 12.6. The molecule has 2 amide bonds. The quantitative estimate of drug-likeness (QED) is 0.544. The van der Waals surface area contributed by atoms with Gasteiger partial charge in [-0.05, 0) is 27.2 Å². The van der Waals surface area contributed by atoms with Gasteiger partial charge in [-0.1, -0.05) is 0 Å². The number of carbonyl (C=O) groups excluding carboxylic acids is 1. The number of carbonyl (C=O) groups is 1. The predicted molar refractivity (Wildman–Crippen MR) is 58.8 cm³/mol. The summed E-state index contributed by atoms with van der Waals surface area (Å²) in [4.78, 5) is 11.1. The number of aliphatic hydroxyl groups excluding tert-OH is 1. The first kappa shape index (κ1) is 14.2. The highest BCUT2D eigenvalue weighted by Crippen LogP contribution is 1.89. The zero-order chi connectivity index (χ0) is 11.7. The SMILES string of the molecule is CC(CO)NC(=O)NCCCOC(C)C. The highest BCUT2D eigenvalue weighted by atomic mass is 16.5. The van der Waals surface area contributed by atoms with E-state index < -0.39 is 0 Å². The van der Waals surface area contributed by atoms with E-state index >= 15 is 0 Å². The molecular formula is C10H22N2O3. The second kappa shape index (κ2) is 8.49. The number of nitrogens with one attached hydrogen (secondary N) is 2. The molecule has 0 rings (SSSR count). The Kier molecular flexibility index (Phi) is 8.04. The maximum atomic E-state index is 11.1. The number of aliphatic hydroxyl groups is 1. The van der Waals surface area contributed by atoms with Gasteiger partial charge in [0.25, 0.3) is 0 Å². The molecule has 0 radical (unpaired) electrons. The highest BCUT2D eigenvalue weighted by molar-refractivity contribution is 5.74. The van der Waals surface area contributed by atoms with Gasteiger partial charge >= 0.3 is 6.03 Å². The lowest BCUT2D eigenvalue weighted by Gasteiger charge is -2.12. The molecule has 0 heterocycles. The molecular weight excluding hydrogens is 196 g/mol. The molecule has 15 heavy (non-hydrogen) atoms. The smallest absolute Gasteiger partial charge is 0.315 e. The number of hydrogen-bond donors (Lipinski definition) is 3. The first-order chi connectivity index (χ1) is 7.06. The molecule has 0 aromatic heterocycles. The van der Waals surface area contributed by atoms with Crippen molar-refractivity contribution in [3.8, 4) is 0 Å². The Morgan fingerprint density at radius 2 is 2.07 bits per heavy atom. The van der Waals surface area contributed by atoms with Gasteiger partial charge in [0.05, 0.1) is 18.8 Å². The van der Waals surface area contributed by atoms with Crippen molar-refractivity contribution in [2.45, 2.75) is 39.3 Å². The number of urea groups is 1. The molecule has 0 fully saturated rings. The largest absolute Gasteiger partial charge is 0.394 e. The van der Waals surface area contributed by atoms with Crippen LogP contribution in [0.1, 0.15) is 27.2 Å². The van der Waals surface area contributed by atoms with Crippen molar-refractivity contribution in [1.82, 2.24) is 10.6 Å². The Bertz CT molecular complexity index is 174. The van der Waals surface area contributed by atoms with E-state index in [4.69, 9.17) is 9.84 Å². The summed E-state index contributed by atoms with van der Waals surface area (Å²) in [6.45, 7) is 6.86. The molecule has 5 nitrogen and oxygen atoms in total. The Labute approximate surface area is 91.2 Å². The highest BCUT2D eigenvalue weighted by Gasteiger charge is 2.04. The molecule has 3 N–H and O–H groups in total. The molecule has 1 atom stereocenters. The van der Waals surface area contributed by atoms with Crippen LogP contribution in [-0.2, 0) is 4.74 Å². The van der Waals surface area contributed by atoms with E-state index in [1.807, 2.05) is 13.8 Å². The van der Waals surface area contributed by atoms with E-state index in [9.17, 15) is 4.79 Å². The van der Waals surface area contributed by atoms with Gasteiger partial charge < -0.3 is 20.5 Å². The van der Waals surface area contributed by atoms with E-state index in [2.05, 4.69) is 10.6 Å². The van der Waals surface area contributed by atoms with Crippen molar-refractivity contribution in [2.24, 2.45) is 0 Å². The molecule has 0 spiro atoms. The van der Waals surface area contributed by atoms with Gasteiger partial charge in [0.15, 0.2) is 0 Å². The third-order valence-corrected chi connectivity index (χ3v) is 1.71. The molecule has 0 saturated carbocycles. The van der Waals surface area contributed by atoms with Gasteiger partial charge in [0, 0.05) is 13.2 Å². The standard InChI is InChI=1S/C10H22N2O3/c1-8(2)15-6-4-5-11-10(14)12-9(3)7-13/h8-9,13H,4-7H2,1-3H3,(H2,11,12,14). The minimum absolute atomic E-state index is 0.0517. The minimum atomic E-state index is -0.249. The van der Waals surface area contributed by atoms with Gasteiger partial charge in [-0.2, -0.15) is 0 Å². The lowest BCUT2D eigenvalue weighted by molar-refractivity contribution is 0.0774. The van der Waals surface area contributed by atoms with Gasteiger partial charge in [-0.15, -0.1) is 0 Å². The number of hydrogen-bond acceptors (Lipinski definition) is 3. The van der Waals surface area contributed by atoms with Crippen LogP contribution >= 0.6 is 0 Å². The maximum Gasteiger partial charge on any atom is 0.315 e. The first-order valence-electron chi connectivity index (χ1n) is 5.33. The van der Waals surface area contributed by atoms with Gasteiger partial charge in [-0.3, -0.25) is 0 Å². The molecule has 0 aliphatic carbocycles. The number of ether oxygens (including phenoxy) is 1. The van der Waals surface area contributed by atoms with E-state index in [-0.39, 0.29) is 24.8 Å². The van der Waals surface area contributed by atoms with Gasteiger partial charge in [-0.25, -0.2) is 4.79 Å². The number of rotatable bonds is 7. The second-order valence-corrected chi connectivity index (χ2v) is 3.76. The summed E-state index contributed by atoms with van der Waals surface area (Å²) >= 11 is 0. The summed E-state index contributed by atoms with van der Waals surface area (Å²) in [5, 5.41) is 14.0. The third-order valence-electron chi connectivity index (χ3n) is 1.71. The van der Waals surface area contributed by atoms with Crippen LogP contribution in [0.4, 0.5) is 4.79 Å². The van der Waals surface area contributed by atoms with Crippen LogP contribution in [0, 0.1) is 0 Å². The molecule has 5 heteroatoms. The fourth-order valence-corrected chi connectivity index (χ4v) is 0.914. The van der Waals surface area contributed by atoms with Crippen molar-refractivity contribution >= 4 is 6.03 Å². The molecule has 1 unspecified atom stereocenters. The summed E-state index contributed by atoms with van der Waals surface area (Å²) in [6.07, 6.45) is 1.02. The Morgan fingerprint density at radius 1 is 1.40 bits per heavy atom. The molecule has 0 aromatic carbocycles. The summed E-state index contributed by atoms with van der Waals surface area (Å²) in [5.41, 5.74) is 0. The van der Waals surface area contributed by atoms with Crippen molar-refractivity contribution in [1.29, 1.82) is 0 Å². The lowest BCUT2D eigenvalue weighted by Crippen LogP contribution is -2.42. The summed E-state index contributed by atoms with van der Waals surface area (Å²) in [6, 6.07) is -0.460. The van der Waals surface area contributed by atoms with Crippen LogP contribution in [0.2, 0.25) is 0 Å². The topological polar surface area (TPSA) is 70.6 Å². The fourth-order valence-electron chi connectivity index (χ4n) is 0.914.